The molecule has 1 aromatic carbocycles. The molecule has 0 amide bonds. The van der Waals surface area contributed by atoms with Gasteiger partial charge in [-0.1, -0.05) is 29.3 Å². The molecule has 20 heavy (non-hydrogen) atoms. The maximum atomic E-state index is 8.73. The summed E-state index contributed by atoms with van der Waals surface area (Å²) < 4.78 is 6.99. The van der Waals surface area contributed by atoms with E-state index < -0.39 is 0 Å². The summed E-state index contributed by atoms with van der Waals surface area (Å²) in [4.78, 5) is 0. The van der Waals surface area contributed by atoms with E-state index in [9.17, 15) is 0 Å². The fraction of sp³-hybridized carbons (Fsp3) is 0.625. The van der Waals surface area contributed by atoms with Crippen molar-refractivity contribution in [1.82, 2.24) is 5.32 Å². The summed E-state index contributed by atoms with van der Waals surface area (Å²) >= 11 is 3.52. The number of benzene rings is 1. The van der Waals surface area contributed by atoms with Crippen LogP contribution in [-0.4, -0.2) is 24.9 Å². The van der Waals surface area contributed by atoms with Crippen molar-refractivity contribution in [3.8, 4) is 5.75 Å². The molecule has 2 N–H and O–H groups in total. The van der Waals surface area contributed by atoms with E-state index in [-0.39, 0.29) is 12.6 Å². The Morgan fingerprint density at radius 3 is 2.70 bits per heavy atom. The van der Waals surface area contributed by atoms with Crippen LogP contribution in [0.15, 0.2) is 22.7 Å². The number of aliphatic hydroxyl groups excluding tert-OH is 1. The van der Waals surface area contributed by atoms with Crippen molar-refractivity contribution in [3.63, 3.8) is 0 Å². The Labute approximate surface area is 130 Å². The molecule has 0 bridgehead atoms. The molecule has 0 heterocycles. The molecule has 1 rings (SSSR count). The van der Waals surface area contributed by atoms with Crippen LogP contribution in [0, 0.1) is 0 Å². The Hall–Kier alpha value is -0.580. The van der Waals surface area contributed by atoms with Crippen LogP contribution in [0.5, 0.6) is 5.75 Å². The molecule has 1 unspecified atom stereocenters. The topological polar surface area (TPSA) is 41.5 Å². The molecule has 0 aliphatic rings. The minimum atomic E-state index is 0.280. The van der Waals surface area contributed by atoms with Gasteiger partial charge in [-0.25, -0.2) is 0 Å². The molecular formula is C16H26BrNO2. The van der Waals surface area contributed by atoms with Crippen LogP contribution < -0.4 is 10.1 Å². The zero-order valence-corrected chi connectivity index (χ0v) is 14.1. The first-order chi connectivity index (χ1) is 9.69. The lowest BCUT2D eigenvalue weighted by Gasteiger charge is -2.18. The SMILES string of the molecule is CCNC(C)c1cc(Br)ccc1OCCCCCCO. The number of hydrogen-bond donors (Lipinski definition) is 2. The zero-order valence-electron chi connectivity index (χ0n) is 12.5. The van der Waals surface area contributed by atoms with Crippen LogP contribution in [0.25, 0.3) is 0 Å². The van der Waals surface area contributed by atoms with Gasteiger partial charge in [0.15, 0.2) is 0 Å². The van der Waals surface area contributed by atoms with Crippen LogP contribution in [0.1, 0.15) is 51.1 Å². The Kier molecular flexibility index (Phi) is 8.90. The van der Waals surface area contributed by atoms with Crippen LogP contribution in [0.3, 0.4) is 0 Å². The van der Waals surface area contributed by atoms with Crippen molar-refractivity contribution < 1.29 is 9.84 Å². The summed E-state index contributed by atoms with van der Waals surface area (Å²) in [6, 6.07) is 6.44. The molecule has 0 aliphatic heterocycles. The van der Waals surface area contributed by atoms with Gasteiger partial charge in [0.1, 0.15) is 5.75 Å². The van der Waals surface area contributed by atoms with Gasteiger partial charge >= 0.3 is 0 Å². The van der Waals surface area contributed by atoms with E-state index in [0.29, 0.717) is 0 Å². The highest BCUT2D eigenvalue weighted by atomic mass is 79.9. The second-order valence-corrected chi connectivity index (χ2v) is 5.86. The fourth-order valence-electron chi connectivity index (χ4n) is 2.15. The third kappa shape index (κ3) is 6.25. The first kappa shape index (κ1) is 17.5. The van der Waals surface area contributed by atoms with Gasteiger partial charge in [0.05, 0.1) is 6.61 Å². The van der Waals surface area contributed by atoms with E-state index in [1.807, 2.05) is 12.1 Å². The molecule has 3 nitrogen and oxygen atoms in total. The summed E-state index contributed by atoms with van der Waals surface area (Å²) in [6.45, 7) is 6.22. The quantitative estimate of drug-likeness (QED) is 0.629. The summed E-state index contributed by atoms with van der Waals surface area (Å²) in [7, 11) is 0. The molecule has 1 aromatic rings. The number of unbranched alkanes of at least 4 members (excludes halogenated alkanes) is 3. The van der Waals surface area contributed by atoms with Crippen LogP contribution in [-0.2, 0) is 0 Å². The minimum Gasteiger partial charge on any atom is -0.493 e. The third-order valence-electron chi connectivity index (χ3n) is 3.26. The molecule has 0 saturated heterocycles. The third-order valence-corrected chi connectivity index (χ3v) is 3.75. The number of aliphatic hydroxyl groups is 1. The fourth-order valence-corrected chi connectivity index (χ4v) is 2.53. The number of nitrogens with one attached hydrogen (secondary N) is 1. The van der Waals surface area contributed by atoms with Gasteiger partial charge in [0, 0.05) is 22.7 Å². The summed E-state index contributed by atoms with van der Waals surface area (Å²) in [5, 5.41) is 12.2. The van der Waals surface area contributed by atoms with Crippen molar-refractivity contribution in [2.24, 2.45) is 0 Å². The zero-order chi connectivity index (χ0) is 14.8. The van der Waals surface area contributed by atoms with Gasteiger partial charge in [-0.3, -0.25) is 0 Å². The van der Waals surface area contributed by atoms with E-state index in [0.717, 1.165) is 49.1 Å². The normalized spacial score (nSPS) is 12.4. The average Bonchev–Trinajstić information content (AvgIpc) is 2.44. The number of ether oxygens (including phenoxy) is 1. The first-order valence-electron chi connectivity index (χ1n) is 7.45. The Morgan fingerprint density at radius 1 is 1.25 bits per heavy atom. The minimum absolute atomic E-state index is 0.280. The predicted octanol–water partition coefficient (Wildman–Crippen LogP) is 4.05. The standard InChI is InChI=1S/C16H26BrNO2/c1-3-18-13(2)15-12-14(17)8-9-16(15)20-11-7-5-4-6-10-19/h8-9,12-13,18-19H,3-7,10-11H2,1-2H3. The van der Waals surface area contributed by atoms with Gasteiger partial charge in [-0.15, -0.1) is 0 Å². The molecule has 0 saturated carbocycles. The highest BCUT2D eigenvalue weighted by Crippen LogP contribution is 2.28. The van der Waals surface area contributed by atoms with Crippen LogP contribution in [0.2, 0.25) is 0 Å². The molecule has 4 heteroatoms. The summed E-state index contributed by atoms with van der Waals surface area (Å²) in [5.41, 5.74) is 1.19. The lowest BCUT2D eigenvalue weighted by atomic mass is 10.1. The molecule has 0 aromatic heterocycles. The predicted molar refractivity (Wildman–Crippen MR) is 87.3 cm³/mol. The molecule has 0 fully saturated rings. The van der Waals surface area contributed by atoms with Crippen molar-refractivity contribution in [2.45, 2.75) is 45.6 Å². The Bertz CT molecular complexity index is 385. The second kappa shape index (κ2) is 10.2. The molecule has 0 spiro atoms. The lowest BCUT2D eigenvalue weighted by Crippen LogP contribution is -2.18. The number of rotatable bonds is 10. The van der Waals surface area contributed by atoms with Crippen molar-refractivity contribution in [1.29, 1.82) is 0 Å². The second-order valence-electron chi connectivity index (χ2n) is 4.95. The number of halogens is 1. The van der Waals surface area contributed by atoms with Crippen LogP contribution in [0.4, 0.5) is 0 Å². The van der Waals surface area contributed by atoms with Gasteiger partial charge in [0.25, 0.3) is 0 Å². The van der Waals surface area contributed by atoms with Gasteiger partial charge < -0.3 is 15.2 Å². The van der Waals surface area contributed by atoms with E-state index in [1.165, 1.54) is 5.56 Å². The van der Waals surface area contributed by atoms with Crippen LogP contribution >= 0.6 is 15.9 Å². The van der Waals surface area contributed by atoms with E-state index in [1.54, 1.807) is 0 Å². The van der Waals surface area contributed by atoms with E-state index in [2.05, 4.69) is 41.2 Å². The largest absolute Gasteiger partial charge is 0.493 e. The maximum Gasteiger partial charge on any atom is 0.124 e. The molecule has 0 radical (unpaired) electrons. The van der Waals surface area contributed by atoms with Crippen molar-refractivity contribution >= 4 is 15.9 Å². The molecular weight excluding hydrogens is 318 g/mol. The lowest BCUT2D eigenvalue weighted by molar-refractivity contribution is 0.272. The smallest absolute Gasteiger partial charge is 0.124 e. The van der Waals surface area contributed by atoms with E-state index in [4.69, 9.17) is 9.84 Å². The molecule has 0 aliphatic carbocycles. The van der Waals surface area contributed by atoms with Crippen molar-refractivity contribution in [2.75, 3.05) is 19.8 Å². The van der Waals surface area contributed by atoms with Gasteiger partial charge in [-0.05, 0) is 50.9 Å². The molecule has 114 valence electrons. The van der Waals surface area contributed by atoms with Crippen molar-refractivity contribution in [3.05, 3.63) is 28.2 Å². The average molecular weight is 344 g/mol. The van der Waals surface area contributed by atoms with E-state index >= 15 is 0 Å². The monoisotopic (exact) mass is 343 g/mol. The molecule has 1 atom stereocenters. The highest BCUT2D eigenvalue weighted by Gasteiger charge is 2.11. The first-order valence-corrected chi connectivity index (χ1v) is 8.24. The Morgan fingerprint density at radius 2 is 2.00 bits per heavy atom. The summed E-state index contributed by atoms with van der Waals surface area (Å²) in [6.07, 6.45) is 4.10. The Balaban J connectivity index is 2.51. The van der Waals surface area contributed by atoms with Gasteiger partial charge in [-0.2, -0.15) is 0 Å². The highest BCUT2D eigenvalue weighted by molar-refractivity contribution is 9.10. The summed E-state index contributed by atoms with van der Waals surface area (Å²) in [5.74, 6) is 0.962. The maximum absolute atomic E-state index is 8.73. The van der Waals surface area contributed by atoms with Gasteiger partial charge in [0.2, 0.25) is 0 Å². The number of hydrogen-bond acceptors (Lipinski definition) is 3.